The van der Waals surface area contributed by atoms with Crippen LogP contribution in [0.4, 0.5) is 0 Å². The van der Waals surface area contributed by atoms with Gasteiger partial charge < -0.3 is 29.9 Å². The largest absolute Gasteiger partial charge is 0.394 e. The zero-order valence-corrected chi connectivity index (χ0v) is 43.4. The van der Waals surface area contributed by atoms with Crippen molar-refractivity contribution in [3.05, 3.63) is 132 Å². The molecule has 0 aromatic rings. The van der Waals surface area contributed by atoms with Crippen molar-refractivity contribution in [3.63, 3.8) is 0 Å². The van der Waals surface area contributed by atoms with Crippen molar-refractivity contribution >= 4 is 0 Å². The lowest BCUT2D eigenvalue weighted by atomic mass is 10.0. The second kappa shape index (κ2) is 196. The molecule has 62 heavy (non-hydrogen) atoms. The maximum atomic E-state index is 7.62. The molecule has 0 aliphatic carbocycles. The quantitative estimate of drug-likeness (QED) is 0.0424. The molecule has 0 spiro atoms. The first-order chi connectivity index (χ1) is 30.7. The maximum Gasteiger partial charge on any atom is 0.0662 e. The molecule has 380 valence electrons. The lowest BCUT2D eigenvalue weighted by molar-refractivity contribution is 0.125. The average Bonchev–Trinajstić information content (AvgIpc) is 3.38. The molecular weight excluding hydrogens is 769 g/mol. The summed E-state index contributed by atoms with van der Waals surface area (Å²) in [5, 5.41) is 30.5. The number of aliphatic hydroxyl groups excluding tert-OH is 4. The molecule has 0 aliphatic heterocycles. The first-order valence-electron chi connectivity index (χ1n) is 23.2. The van der Waals surface area contributed by atoms with Crippen LogP contribution in [0.25, 0.3) is 0 Å². The summed E-state index contributed by atoms with van der Waals surface area (Å²) in [6.07, 6.45) is 34.1. The Labute approximate surface area is 394 Å². The van der Waals surface area contributed by atoms with Gasteiger partial charge >= 0.3 is 0 Å². The zero-order valence-electron chi connectivity index (χ0n) is 43.4. The van der Waals surface area contributed by atoms with E-state index in [4.69, 9.17) is 29.9 Å². The molecule has 6 heteroatoms. The molecular formula is C56H120O6. The minimum atomic E-state index is -0.125. The molecule has 0 aliphatic rings. The van der Waals surface area contributed by atoms with Crippen LogP contribution in [-0.4, -0.2) is 73.3 Å². The van der Waals surface area contributed by atoms with Gasteiger partial charge in [0.15, 0.2) is 0 Å². The van der Waals surface area contributed by atoms with E-state index in [1.807, 2.05) is 13.8 Å². The van der Waals surface area contributed by atoms with Gasteiger partial charge in [-0.25, -0.2) is 0 Å². The molecule has 0 rings (SSSR count). The summed E-state index contributed by atoms with van der Waals surface area (Å²) in [4.78, 5) is 0. The SMILES string of the molecule is C=C.C=C.C=C.C=C.C=C.C=C.C=C.C=C.C=C.C=C.CCCCCCCCCCCCCCCCOCCCCCCCCCCCC.CCOCC.OCCO.OCCO. The van der Waals surface area contributed by atoms with Crippen LogP contribution >= 0.6 is 0 Å². The second-order valence-electron chi connectivity index (χ2n) is 11.1. The Kier molecular flexibility index (Phi) is 310. The number of hydrogen-bond donors (Lipinski definition) is 4. The number of rotatable bonds is 30. The van der Waals surface area contributed by atoms with E-state index in [9.17, 15) is 0 Å². The van der Waals surface area contributed by atoms with E-state index >= 15 is 0 Å². The molecule has 0 radical (unpaired) electrons. The van der Waals surface area contributed by atoms with Gasteiger partial charge in [-0.3, -0.25) is 0 Å². The number of hydrogen-bond acceptors (Lipinski definition) is 6. The van der Waals surface area contributed by atoms with Gasteiger partial charge in [0.25, 0.3) is 0 Å². The van der Waals surface area contributed by atoms with E-state index in [1.165, 1.54) is 154 Å². The van der Waals surface area contributed by atoms with E-state index in [2.05, 4.69) is 145 Å². The van der Waals surface area contributed by atoms with Crippen LogP contribution in [-0.2, 0) is 9.47 Å². The van der Waals surface area contributed by atoms with Crippen molar-refractivity contribution in [1.82, 2.24) is 0 Å². The smallest absolute Gasteiger partial charge is 0.0662 e. The summed E-state index contributed by atoms with van der Waals surface area (Å²) in [5.41, 5.74) is 0. The van der Waals surface area contributed by atoms with Crippen molar-refractivity contribution in [2.75, 3.05) is 52.9 Å². The first-order valence-corrected chi connectivity index (χ1v) is 23.2. The van der Waals surface area contributed by atoms with E-state index < -0.39 is 0 Å². The van der Waals surface area contributed by atoms with Gasteiger partial charge in [-0.1, -0.05) is 155 Å². The molecule has 0 aromatic carbocycles. The van der Waals surface area contributed by atoms with Gasteiger partial charge in [-0.2, -0.15) is 0 Å². The third-order valence-corrected chi connectivity index (χ3v) is 6.89. The molecule has 0 fully saturated rings. The van der Waals surface area contributed by atoms with Gasteiger partial charge in [0.2, 0.25) is 0 Å². The summed E-state index contributed by atoms with van der Waals surface area (Å²) >= 11 is 0. The van der Waals surface area contributed by atoms with E-state index in [1.54, 1.807) is 0 Å². The molecule has 0 unspecified atom stereocenters. The Balaban J connectivity index is -0.0000000476. The topological polar surface area (TPSA) is 99.4 Å². The second-order valence-corrected chi connectivity index (χ2v) is 11.1. The molecule has 0 atom stereocenters. The summed E-state index contributed by atoms with van der Waals surface area (Å²) < 4.78 is 10.6. The highest BCUT2D eigenvalue weighted by atomic mass is 16.5. The number of unbranched alkanes of at least 4 members (excludes halogenated alkanes) is 22. The molecule has 0 bridgehead atoms. The molecule has 4 N–H and O–H groups in total. The van der Waals surface area contributed by atoms with Crippen molar-refractivity contribution in [2.24, 2.45) is 0 Å². The summed E-state index contributed by atoms with van der Waals surface area (Å²) in [7, 11) is 0. The van der Waals surface area contributed by atoms with Crippen LogP contribution < -0.4 is 0 Å². The average molecular weight is 890 g/mol. The Morgan fingerprint density at radius 3 is 0.484 bits per heavy atom. The predicted octanol–water partition coefficient (Wildman–Crippen LogP) is 17.4. The van der Waals surface area contributed by atoms with Gasteiger partial charge in [0.05, 0.1) is 26.4 Å². The summed E-state index contributed by atoms with van der Waals surface area (Å²) in [6, 6.07) is 0. The Bertz CT molecular complexity index is 440. The minimum absolute atomic E-state index is 0.125. The molecule has 0 saturated heterocycles. The maximum absolute atomic E-state index is 7.62. The Hall–Kier alpha value is -2.84. The molecule has 0 saturated carbocycles. The van der Waals surface area contributed by atoms with Gasteiger partial charge in [0, 0.05) is 26.4 Å². The van der Waals surface area contributed by atoms with E-state index in [0.29, 0.717) is 0 Å². The number of ether oxygens (including phenoxy) is 2. The highest BCUT2D eigenvalue weighted by Crippen LogP contribution is 2.13. The standard InChI is InChI=1S/C28H58O.C4H10O.2C2H6O2.10C2H4/c1-3-5-7-9-11-13-15-16-17-18-20-22-24-26-28-29-27-25-23-21-19-14-12-10-8-6-4-2;1-3-5-4-2;2*3-1-2-4;10*1-2/h3-28H2,1-2H3;3-4H2,1-2H3;2*3-4H,1-2H2;10*1-2H2. The lowest BCUT2D eigenvalue weighted by Gasteiger charge is -2.05. The van der Waals surface area contributed by atoms with Crippen LogP contribution in [0.5, 0.6) is 0 Å². The normalized spacial score (nSPS) is 7.61. The summed E-state index contributed by atoms with van der Waals surface area (Å²) in [5.74, 6) is 0. The number of aliphatic hydroxyl groups is 4. The van der Waals surface area contributed by atoms with Gasteiger partial charge in [0.1, 0.15) is 0 Å². The molecule has 0 amide bonds. The van der Waals surface area contributed by atoms with E-state index in [0.717, 1.165) is 26.4 Å². The third kappa shape index (κ3) is 244. The van der Waals surface area contributed by atoms with Crippen LogP contribution in [0, 0.1) is 0 Å². The molecule has 0 heterocycles. The van der Waals surface area contributed by atoms with Crippen LogP contribution in [0.15, 0.2) is 132 Å². The van der Waals surface area contributed by atoms with Crippen molar-refractivity contribution in [2.45, 2.75) is 182 Å². The van der Waals surface area contributed by atoms with Crippen molar-refractivity contribution in [1.29, 1.82) is 0 Å². The van der Waals surface area contributed by atoms with Crippen LogP contribution in [0.2, 0.25) is 0 Å². The fourth-order valence-electron chi connectivity index (χ4n) is 4.40. The van der Waals surface area contributed by atoms with Crippen molar-refractivity contribution < 1.29 is 29.9 Å². The fraction of sp³-hybridized carbons (Fsp3) is 0.643. The fourth-order valence-corrected chi connectivity index (χ4v) is 4.40. The lowest BCUT2D eigenvalue weighted by Crippen LogP contribution is -1.97. The highest BCUT2D eigenvalue weighted by Gasteiger charge is 1.96. The van der Waals surface area contributed by atoms with Gasteiger partial charge in [-0.05, 0) is 26.7 Å². The van der Waals surface area contributed by atoms with Crippen molar-refractivity contribution in [3.8, 4) is 0 Å². The Morgan fingerprint density at radius 1 is 0.226 bits per heavy atom. The molecule has 6 nitrogen and oxygen atoms in total. The Morgan fingerprint density at radius 2 is 0.371 bits per heavy atom. The minimum Gasteiger partial charge on any atom is -0.394 e. The first kappa shape index (κ1) is 98.1. The van der Waals surface area contributed by atoms with Crippen LogP contribution in [0.1, 0.15) is 182 Å². The highest BCUT2D eigenvalue weighted by molar-refractivity contribution is 4.50. The van der Waals surface area contributed by atoms with E-state index in [-0.39, 0.29) is 26.4 Å². The van der Waals surface area contributed by atoms with Crippen LogP contribution in [0.3, 0.4) is 0 Å². The third-order valence-electron chi connectivity index (χ3n) is 6.89. The summed E-state index contributed by atoms with van der Waals surface area (Å²) in [6.45, 7) is 71.7. The monoisotopic (exact) mass is 889 g/mol. The molecule has 0 aromatic heterocycles. The van der Waals surface area contributed by atoms with Gasteiger partial charge in [-0.15, -0.1) is 132 Å². The predicted molar refractivity (Wildman–Crippen MR) is 296 cm³/mol. The zero-order chi connectivity index (χ0) is 52.0.